The zero-order valence-electron chi connectivity index (χ0n) is 7.91. The molecule has 2 aliphatic heterocycles. The molecule has 4 heteroatoms. The van der Waals surface area contributed by atoms with Gasteiger partial charge in [0.2, 0.25) is 0 Å². The van der Waals surface area contributed by atoms with Crippen LogP contribution in [0.25, 0.3) is 0 Å². The molecule has 0 saturated carbocycles. The summed E-state index contributed by atoms with van der Waals surface area (Å²) in [6.07, 6.45) is 3.99. The fourth-order valence-electron chi connectivity index (χ4n) is 2.15. The number of nitrogens with two attached hydrogens (primary N) is 1. The number of piperidine rings is 1. The van der Waals surface area contributed by atoms with Gasteiger partial charge in [0.1, 0.15) is 0 Å². The van der Waals surface area contributed by atoms with Crippen molar-refractivity contribution in [2.75, 3.05) is 26.2 Å². The lowest BCUT2D eigenvalue weighted by molar-refractivity contribution is 0.0479. The number of carbonyl (C=O) groups is 1. The Morgan fingerprint density at radius 2 is 1.77 bits per heavy atom. The van der Waals surface area contributed by atoms with Crippen molar-refractivity contribution < 1.29 is 4.79 Å². The molecule has 0 atom stereocenters. The summed E-state index contributed by atoms with van der Waals surface area (Å²) in [6.45, 7) is 4.10. The quantitative estimate of drug-likeness (QED) is 0.633. The maximum Gasteiger partial charge on any atom is 0.314 e. The Balaban J connectivity index is 1.75. The van der Waals surface area contributed by atoms with E-state index in [0.29, 0.717) is 6.04 Å². The van der Waals surface area contributed by atoms with Crippen LogP contribution < -0.4 is 5.73 Å². The van der Waals surface area contributed by atoms with Gasteiger partial charge in [-0.2, -0.15) is 0 Å². The van der Waals surface area contributed by atoms with Crippen LogP contribution in [0, 0.1) is 0 Å². The van der Waals surface area contributed by atoms with Gasteiger partial charge in [0, 0.05) is 19.1 Å². The molecule has 0 aromatic rings. The van der Waals surface area contributed by atoms with E-state index in [1.807, 2.05) is 0 Å². The summed E-state index contributed by atoms with van der Waals surface area (Å²) in [7, 11) is 0. The number of urea groups is 1. The molecule has 0 unspecified atom stereocenters. The van der Waals surface area contributed by atoms with Gasteiger partial charge >= 0.3 is 6.03 Å². The van der Waals surface area contributed by atoms with Gasteiger partial charge in [0.05, 0.1) is 0 Å². The van der Waals surface area contributed by atoms with E-state index < -0.39 is 0 Å². The summed E-state index contributed by atoms with van der Waals surface area (Å²) in [5.74, 6) is 0. The average Bonchev–Trinajstić information content (AvgIpc) is 2.02. The summed E-state index contributed by atoms with van der Waals surface area (Å²) in [4.78, 5) is 14.9. The number of primary amides is 1. The fourth-order valence-corrected chi connectivity index (χ4v) is 2.15. The molecule has 74 valence electrons. The smallest absolute Gasteiger partial charge is 0.314 e. The molecule has 13 heavy (non-hydrogen) atoms. The van der Waals surface area contributed by atoms with Crippen molar-refractivity contribution in [1.29, 1.82) is 0 Å². The minimum Gasteiger partial charge on any atom is -0.351 e. The van der Waals surface area contributed by atoms with Crippen LogP contribution in [-0.4, -0.2) is 48.1 Å². The van der Waals surface area contributed by atoms with E-state index in [1.54, 1.807) is 4.90 Å². The van der Waals surface area contributed by atoms with E-state index in [4.69, 9.17) is 5.73 Å². The van der Waals surface area contributed by atoms with E-state index >= 15 is 0 Å². The van der Waals surface area contributed by atoms with Gasteiger partial charge in [0.15, 0.2) is 0 Å². The maximum absolute atomic E-state index is 10.7. The van der Waals surface area contributed by atoms with E-state index in [0.717, 1.165) is 13.1 Å². The third-order valence-electron chi connectivity index (χ3n) is 3.08. The van der Waals surface area contributed by atoms with Crippen molar-refractivity contribution in [3.63, 3.8) is 0 Å². The normalized spacial score (nSPS) is 25.7. The van der Waals surface area contributed by atoms with Crippen molar-refractivity contribution in [2.45, 2.75) is 25.3 Å². The predicted molar refractivity (Wildman–Crippen MR) is 50.4 cm³/mol. The molecule has 2 fully saturated rings. The van der Waals surface area contributed by atoms with Crippen LogP contribution in [0.4, 0.5) is 4.79 Å². The Hall–Kier alpha value is -0.770. The average molecular weight is 183 g/mol. The highest BCUT2D eigenvalue weighted by atomic mass is 16.2. The van der Waals surface area contributed by atoms with Crippen LogP contribution in [-0.2, 0) is 0 Å². The Bertz CT molecular complexity index is 195. The van der Waals surface area contributed by atoms with E-state index in [1.165, 1.54) is 32.4 Å². The first-order chi connectivity index (χ1) is 6.27. The van der Waals surface area contributed by atoms with Crippen LogP contribution in [0.1, 0.15) is 19.3 Å². The van der Waals surface area contributed by atoms with Gasteiger partial charge in [-0.15, -0.1) is 0 Å². The number of likely N-dealkylation sites (tertiary alicyclic amines) is 2. The zero-order chi connectivity index (χ0) is 9.26. The van der Waals surface area contributed by atoms with E-state index in [-0.39, 0.29) is 6.03 Å². The van der Waals surface area contributed by atoms with Crippen LogP contribution in [0.2, 0.25) is 0 Å². The molecule has 4 nitrogen and oxygen atoms in total. The SMILES string of the molecule is NC(=O)N1CC(N2CCCCC2)C1. The molecular formula is C9H17N3O. The van der Waals surface area contributed by atoms with Gasteiger partial charge in [-0.1, -0.05) is 6.42 Å². The van der Waals surface area contributed by atoms with Crippen molar-refractivity contribution in [1.82, 2.24) is 9.80 Å². The molecule has 2 aliphatic rings. The molecule has 0 bridgehead atoms. The van der Waals surface area contributed by atoms with Crippen molar-refractivity contribution in [3.8, 4) is 0 Å². The number of carbonyl (C=O) groups excluding carboxylic acids is 1. The predicted octanol–water partition coefficient (Wildman–Crippen LogP) is 0.235. The second kappa shape index (κ2) is 3.54. The maximum atomic E-state index is 10.7. The van der Waals surface area contributed by atoms with Gasteiger partial charge in [-0.05, 0) is 25.9 Å². The lowest BCUT2D eigenvalue weighted by Gasteiger charge is -2.45. The minimum absolute atomic E-state index is 0.270. The summed E-state index contributed by atoms with van der Waals surface area (Å²) < 4.78 is 0. The molecule has 2 amide bonds. The lowest BCUT2D eigenvalue weighted by Crippen LogP contribution is -2.62. The molecule has 2 saturated heterocycles. The zero-order valence-corrected chi connectivity index (χ0v) is 7.91. The van der Waals surface area contributed by atoms with E-state index in [2.05, 4.69) is 4.90 Å². The van der Waals surface area contributed by atoms with Gasteiger partial charge in [0.25, 0.3) is 0 Å². The fraction of sp³-hybridized carbons (Fsp3) is 0.889. The summed E-state index contributed by atoms with van der Waals surface area (Å²) >= 11 is 0. The number of hydrogen-bond donors (Lipinski definition) is 1. The Morgan fingerprint density at radius 3 is 2.31 bits per heavy atom. The van der Waals surface area contributed by atoms with Crippen LogP contribution in [0.3, 0.4) is 0 Å². The third kappa shape index (κ3) is 1.77. The molecule has 0 aromatic heterocycles. The first-order valence-electron chi connectivity index (χ1n) is 5.06. The van der Waals surface area contributed by atoms with E-state index in [9.17, 15) is 4.79 Å². The monoisotopic (exact) mass is 183 g/mol. The summed E-state index contributed by atoms with van der Waals surface area (Å²) in [5.41, 5.74) is 5.16. The molecular weight excluding hydrogens is 166 g/mol. The molecule has 2 heterocycles. The van der Waals surface area contributed by atoms with Crippen LogP contribution in [0.15, 0.2) is 0 Å². The van der Waals surface area contributed by atoms with Crippen molar-refractivity contribution in [2.24, 2.45) is 5.73 Å². The van der Waals surface area contributed by atoms with Gasteiger partial charge < -0.3 is 10.6 Å². The number of nitrogens with zero attached hydrogens (tertiary/aromatic N) is 2. The highest BCUT2D eigenvalue weighted by Crippen LogP contribution is 2.19. The first kappa shape index (κ1) is 8.81. The summed E-state index contributed by atoms with van der Waals surface area (Å²) in [5, 5.41) is 0. The second-order valence-corrected chi connectivity index (χ2v) is 3.99. The number of amides is 2. The lowest BCUT2D eigenvalue weighted by atomic mass is 10.0. The first-order valence-corrected chi connectivity index (χ1v) is 5.06. The highest BCUT2D eigenvalue weighted by molar-refractivity contribution is 5.73. The van der Waals surface area contributed by atoms with Crippen molar-refractivity contribution >= 4 is 6.03 Å². The Kier molecular flexibility index (Phi) is 2.40. The summed E-state index contributed by atoms with van der Waals surface area (Å²) in [6, 6.07) is 0.320. The number of rotatable bonds is 1. The van der Waals surface area contributed by atoms with Crippen LogP contribution in [0.5, 0.6) is 0 Å². The van der Waals surface area contributed by atoms with Crippen LogP contribution >= 0.6 is 0 Å². The Labute approximate surface area is 78.7 Å². The molecule has 0 radical (unpaired) electrons. The highest BCUT2D eigenvalue weighted by Gasteiger charge is 2.33. The van der Waals surface area contributed by atoms with Crippen molar-refractivity contribution in [3.05, 3.63) is 0 Å². The standard InChI is InChI=1S/C9H17N3O/c10-9(13)12-6-8(7-12)11-4-2-1-3-5-11/h8H,1-7H2,(H2,10,13). The number of hydrogen-bond acceptors (Lipinski definition) is 2. The third-order valence-corrected chi connectivity index (χ3v) is 3.08. The molecule has 0 spiro atoms. The second-order valence-electron chi connectivity index (χ2n) is 3.99. The largest absolute Gasteiger partial charge is 0.351 e. The minimum atomic E-state index is -0.270. The molecule has 2 rings (SSSR count). The molecule has 2 N–H and O–H groups in total. The topological polar surface area (TPSA) is 49.6 Å². The van der Waals surface area contributed by atoms with Gasteiger partial charge in [-0.25, -0.2) is 4.79 Å². The van der Waals surface area contributed by atoms with Gasteiger partial charge in [-0.3, -0.25) is 4.90 Å². The Morgan fingerprint density at radius 1 is 1.15 bits per heavy atom. The molecule has 0 aliphatic carbocycles. The molecule has 0 aromatic carbocycles.